The molecule has 5 nitrogen and oxygen atoms in total. The topological polar surface area (TPSA) is 80.7 Å². The number of aromatic carboxylic acids is 1. The number of alkyl halides is 3. The first-order valence-corrected chi connectivity index (χ1v) is 6.48. The Kier molecular flexibility index (Phi) is 4.53. The van der Waals surface area contributed by atoms with E-state index >= 15 is 0 Å². The van der Waals surface area contributed by atoms with Crippen molar-refractivity contribution in [2.24, 2.45) is 0 Å². The summed E-state index contributed by atoms with van der Waals surface area (Å²) in [5.41, 5.74) is -0.516. The molecular formula is C10H9F3O5S. The minimum atomic E-state index is -4.65. The highest BCUT2D eigenvalue weighted by Gasteiger charge is 2.29. The second-order valence-electron chi connectivity index (χ2n) is 3.50. The van der Waals surface area contributed by atoms with Crippen LogP contribution < -0.4 is 0 Å². The highest BCUT2D eigenvalue weighted by Crippen LogP contribution is 2.19. The molecule has 0 aliphatic carbocycles. The average molecular weight is 298 g/mol. The van der Waals surface area contributed by atoms with Crippen LogP contribution >= 0.6 is 0 Å². The third kappa shape index (κ3) is 4.52. The molecule has 0 atom stereocenters. The summed E-state index contributed by atoms with van der Waals surface area (Å²) >= 11 is 0. The molecule has 0 amide bonds. The van der Waals surface area contributed by atoms with E-state index in [4.69, 9.17) is 5.11 Å². The van der Waals surface area contributed by atoms with Crippen molar-refractivity contribution in [3.8, 4) is 0 Å². The van der Waals surface area contributed by atoms with Crippen LogP contribution in [0.2, 0.25) is 0 Å². The van der Waals surface area contributed by atoms with Crippen LogP contribution in [0.4, 0.5) is 13.2 Å². The standard InChI is InChI=1S/C10H9F3O5S/c11-10(12,13)5-18-6-19(16,17)8-4-2-1-3-7(8)9(14)15/h1-4H,5-6H2,(H,14,15). The Labute approximate surface area is 106 Å². The van der Waals surface area contributed by atoms with E-state index in [0.29, 0.717) is 0 Å². The smallest absolute Gasteiger partial charge is 0.411 e. The van der Waals surface area contributed by atoms with E-state index in [1.807, 2.05) is 0 Å². The molecule has 0 saturated carbocycles. The van der Waals surface area contributed by atoms with Gasteiger partial charge < -0.3 is 9.84 Å². The number of rotatable bonds is 5. The fourth-order valence-electron chi connectivity index (χ4n) is 1.25. The molecule has 0 aliphatic rings. The van der Waals surface area contributed by atoms with E-state index in [1.165, 1.54) is 12.1 Å². The monoisotopic (exact) mass is 298 g/mol. The first-order chi connectivity index (χ1) is 8.63. The van der Waals surface area contributed by atoms with Crippen LogP contribution in [-0.4, -0.2) is 38.2 Å². The molecule has 106 valence electrons. The molecule has 1 rings (SSSR count). The van der Waals surface area contributed by atoms with Crippen LogP contribution in [0.3, 0.4) is 0 Å². The lowest BCUT2D eigenvalue weighted by Gasteiger charge is -2.10. The Morgan fingerprint density at radius 3 is 2.37 bits per heavy atom. The molecule has 0 unspecified atom stereocenters. The number of benzene rings is 1. The first-order valence-electron chi connectivity index (χ1n) is 4.83. The van der Waals surface area contributed by atoms with Crippen molar-refractivity contribution >= 4 is 15.8 Å². The number of hydrogen-bond donors (Lipinski definition) is 1. The van der Waals surface area contributed by atoms with Gasteiger partial charge in [-0.15, -0.1) is 0 Å². The predicted molar refractivity (Wildman–Crippen MR) is 57.5 cm³/mol. The van der Waals surface area contributed by atoms with Gasteiger partial charge in [0.2, 0.25) is 9.84 Å². The van der Waals surface area contributed by atoms with Gasteiger partial charge in [-0.1, -0.05) is 12.1 Å². The van der Waals surface area contributed by atoms with Crippen LogP contribution in [0.25, 0.3) is 0 Å². The van der Waals surface area contributed by atoms with Gasteiger partial charge in [-0.25, -0.2) is 13.2 Å². The van der Waals surface area contributed by atoms with Crippen molar-refractivity contribution in [3.05, 3.63) is 29.8 Å². The van der Waals surface area contributed by atoms with Gasteiger partial charge in [-0.2, -0.15) is 13.2 Å². The predicted octanol–water partition coefficient (Wildman–Crippen LogP) is 1.69. The van der Waals surface area contributed by atoms with E-state index in [1.54, 1.807) is 0 Å². The van der Waals surface area contributed by atoms with Crippen LogP contribution in [0.1, 0.15) is 10.4 Å². The number of carbonyl (C=O) groups is 1. The van der Waals surface area contributed by atoms with Crippen LogP contribution in [-0.2, 0) is 14.6 Å². The van der Waals surface area contributed by atoms with Gasteiger partial charge in [0.25, 0.3) is 0 Å². The molecular weight excluding hydrogens is 289 g/mol. The fourth-order valence-corrected chi connectivity index (χ4v) is 2.45. The van der Waals surface area contributed by atoms with Crippen molar-refractivity contribution in [1.82, 2.24) is 0 Å². The third-order valence-electron chi connectivity index (χ3n) is 1.96. The molecule has 0 spiro atoms. The van der Waals surface area contributed by atoms with Gasteiger partial charge in [-0.05, 0) is 12.1 Å². The number of ether oxygens (including phenoxy) is 1. The number of sulfone groups is 1. The molecule has 9 heteroatoms. The second-order valence-corrected chi connectivity index (χ2v) is 5.40. The number of halogens is 3. The van der Waals surface area contributed by atoms with Gasteiger partial charge in [0.1, 0.15) is 6.61 Å². The van der Waals surface area contributed by atoms with Crippen LogP contribution in [0, 0.1) is 0 Å². The maximum absolute atomic E-state index is 11.8. The second kappa shape index (κ2) is 5.57. The first kappa shape index (κ1) is 15.4. The van der Waals surface area contributed by atoms with E-state index in [0.717, 1.165) is 12.1 Å². The molecule has 1 N–H and O–H groups in total. The molecule has 0 bridgehead atoms. The van der Waals surface area contributed by atoms with Gasteiger partial charge in [0, 0.05) is 0 Å². The van der Waals surface area contributed by atoms with Crippen molar-refractivity contribution in [2.75, 3.05) is 12.5 Å². The lowest BCUT2D eigenvalue weighted by Crippen LogP contribution is -2.21. The van der Waals surface area contributed by atoms with Crippen LogP contribution in [0.5, 0.6) is 0 Å². The molecule has 0 aliphatic heterocycles. The van der Waals surface area contributed by atoms with Crippen molar-refractivity contribution in [1.29, 1.82) is 0 Å². The minimum absolute atomic E-state index is 0.516. The minimum Gasteiger partial charge on any atom is -0.478 e. The maximum atomic E-state index is 11.8. The van der Waals surface area contributed by atoms with Gasteiger partial charge in [0.15, 0.2) is 5.94 Å². The van der Waals surface area contributed by atoms with Gasteiger partial charge >= 0.3 is 12.1 Å². The highest BCUT2D eigenvalue weighted by atomic mass is 32.2. The Hall–Kier alpha value is -1.61. The van der Waals surface area contributed by atoms with Gasteiger partial charge in [0.05, 0.1) is 10.5 Å². The SMILES string of the molecule is O=C(O)c1ccccc1S(=O)(=O)COCC(F)(F)F. The molecule has 0 radical (unpaired) electrons. The Bertz CT molecular complexity index is 565. The summed E-state index contributed by atoms with van der Waals surface area (Å²) in [5, 5.41) is 8.80. The summed E-state index contributed by atoms with van der Waals surface area (Å²) in [6.45, 7) is -1.72. The summed E-state index contributed by atoms with van der Waals surface area (Å²) in [7, 11) is -4.26. The molecule has 1 aromatic rings. The molecule has 19 heavy (non-hydrogen) atoms. The normalized spacial score (nSPS) is 12.4. The molecule has 1 aromatic carbocycles. The quantitative estimate of drug-likeness (QED) is 0.894. The number of carboxylic acids is 1. The third-order valence-corrected chi connectivity index (χ3v) is 3.46. The average Bonchev–Trinajstić information content (AvgIpc) is 2.27. The lowest BCUT2D eigenvalue weighted by atomic mass is 10.2. The largest absolute Gasteiger partial charge is 0.478 e. The lowest BCUT2D eigenvalue weighted by molar-refractivity contribution is -0.169. The van der Waals surface area contributed by atoms with Crippen LogP contribution in [0.15, 0.2) is 29.2 Å². The highest BCUT2D eigenvalue weighted by molar-refractivity contribution is 7.91. The Morgan fingerprint density at radius 1 is 1.26 bits per heavy atom. The van der Waals surface area contributed by atoms with E-state index in [9.17, 15) is 26.4 Å². The zero-order valence-corrected chi connectivity index (χ0v) is 10.2. The molecule has 0 fully saturated rings. The zero-order valence-electron chi connectivity index (χ0n) is 9.35. The van der Waals surface area contributed by atoms with E-state index in [2.05, 4.69) is 4.74 Å². The summed E-state index contributed by atoms with van der Waals surface area (Å²) in [6.07, 6.45) is -4.65. The van der Waals surface area contributed by atoms with E-state index < -0.39 is 45.0 Å². The summed E-state index contributed by atoms with van der Waals surface area (Å²) in [4.78, 5) is 10.2. The molecule has 0 aromatic heterocycles. The molecule has 0 heterocycles. The molecule has 0 saturated heterocycles. The summed E-state index contributed by atoms with van der Waals surface area (Å²) < 4.78 is 62.9. The Balaban J connectivity index is 2.92. The van der Waals surface area contributed by atoms with Crippen molar-refractivity contribution in [3.63, 3.8) is 0 Å². The Morgan fingerprint density at radius 2 is 1.84 bits per heavy atom. The van der Waals surface area contributed by atoms with Crippen molar-refractivity contribution < 1.29 is 36.2 Å². The summed E-state index contributed by atoms with van der Waals surface area (Å²) in [5.74, 6) is -2.73. The number of hydrogen-bond acceptors (Lipinski definition) is 4. The summed E-state index contributed by atoms with van der Waals surface area (Å²) in [6, 6.07) is 4.61. The van der Waals surface area contributed by atoms with E-state index in [-0.39, 0.29) is 0 Å². The number of carboxylic acid groups (broad SMARTS) is 1. The fraction of sp³-hybridized carbons (Fsp3) is 0.300. The van der Waals surface area contributed by atoms with Gasteiger partial charge in [-0.3, -0.25) is 0 Å². The zero-order chi connectivity index (χ0) is 14.7. The maximum Gasteiger partial charge on any atom is 0.411 e. The van der Waals surface area contributed by atoms with Crippen molar-refractivity contribution in [2.45, 2.75) is 11.1 Å².